The van der Waals surface area contributed by atoms with Crippen LogP contribution >= 0.6 is 0 Å². The Balaban J connectivity index is 1.77. The van der Waals surface area contributed by atoms with Gasteiger partial charge in [-0.25, -0.2) is 0 Å². The van der Waals surface area contributed by atoms with Crippen LogP contribution < -0.4 is 0 Å². The lowest BCUT2D eigenvalue weighted by Crippen LogP contribution is -2.44. The summed E-state index contributed by atoms with van der Waals surface area (Å²) in [6.07, 6.45) is 12.6. The molecule has 4 fully saturated rings. The number of hydrogen-bond acceptors (Lipinski definition) is 1. The smallest absolute Gasteiger partial charge is 0.317 e. The second-order valence-electron chi connectivity index (χ2n) is 7.16. The van der Waals surface area contributed by atoms with Gasteiger partial charge in [0.05, 0.1) is 0 Å². The van der Waals surface area contributed by atoms with Crippen molar-refractivity contribution in [1.82, 2.24) is 0 Å². The van der Waals surface area contributed by atoms with Crippen LogP contribution in [0.3, 0.4) is 0 Å². The Bertz CT molecular complexity index is 395. The Morgan fingerprint density at radius 1 is 1.16 bits per heavy atom. The highest BCUT2D eigenvalue weighted by Crippen LogP contribution is 2.57. The maximum atomic E-state index is 11.3. The van der Waals surface area contributed by atoms with Gasteiger partial charge in [0, 0.05) is 0 Å². The monoisotopic (exact) mass is 260 g/mol. The fourth-order valence-corrected chi connectivity index (χ4v) is 4.82. The molecule has 0 amide bonds. The van der Waals surface area contributed by atoms with Gasteiger partial charge in [-0.15, -0.1) is 6.58 Å². The maximum absolute atomic E-state index is 11.3. The molecule has 4 saturated carbocycles. The van der Waals surface area contributed by atoms with Gasteiger partial charge in [-0.1, -0.05) is 18.2 Å². The van der Waals surface area contributed by atoms with Crippen molar-refractivity contribution >= 4 is 5.97 Å². The van der Waals surface area contributed by atoms with Gasteiger partial charge in [-0.3, -0.25) is 4.79 Å². The van der Waals surface area contributed by atoms with E-state index in [2.05, 4.69) is 12.7 Å². The summed E-state index contributed by atoms with van der Waals surface area (Å²) in [6, 6.07) is 0. The standard InChI is InChI=1S/C17H24O2/c1-3-17(2,16(18)19)5-4-15-13-7-11-6-12(9-13)10-14(15)8-11/h3-5,11-15H,1,6-10H2,2H3,(H,18,19)/b5-4+. The van der Waals surface area contributed by atoms with E-state index < -0.39 is 11.4 Å². The van der Waals surface area contributed by atoms with E-state index in [4.69, 9.17) is 0 Å². The summed E-state index contributed by atoms with van der Waals surface area (Å²) in [7, 11) is 0. The van der Waals surface area contributed by atoms with Crippen LogP contribution in [0.15, 0.2) is 24.8 Å². The predicted octanol–water partition coefficient (Wildman–Crippen LogP) is 3.89. The van der Waals surface area contributed by atoms with E-state index in [0.717, 1.165) is 23.7 Å². The molecule has 1 atom stereocenters. The van der Waals surface area contributed by atoms with Crippen molar-refractivity contribution in [2.45, 2.75) is 39.0 Å². The first-order valence-electron chi connectivity index (χ1n) is 7.58. The third kappa shape index (κ3) is 2.15. The molecule has 0 aromatic carbocycles. The van der Waals surface area contributed by atoms with E-state index in [1.165, 1.54) is 32.1 Å². The van der Waals surface area contributed by atoms with Gasteiger partial charge in [-0.2, -0.15) is 0 Å². The summed E-state index contributed by atoms with van der Waals surface area (Å²) < 4.78 is 0. The van der Waals surface area contributed by atoms with E-state index in [1.54, 1.807) is 13.0 Å². The Morgan fingerprint density at radius 2 is 1.68 bits per heavy atom. The zero-order valence-electron chi connectivity index (χ0n) is 11.7. The van der Waals surface area contributed by atoms with Crippen LogP contribution in [-0.4, -0.2) is 11.1 Å². The van der Waals surface area contributed by atoms with Crippen LogP contribution in [-0.2, 0) is 4.79 Å². The summed E-state index contributed by atoms with van der Waals surface area (Å²) >= 11 is 0. The number of rotatable bonds is 4. The molecule has 2 heteroatoms. The van der Waals surface area contributed by atoms with Crippen molar-refractivity contribution in [3.05, 3.63) is 24.8 Å². The van der Waals surface area contributed by atoms with E-state index in [0.29, 0.717) is 5.92 Å². The number of allylic oxidation sites excluding steroid dienone is 1. The van der Waals surface area contributed by atoms with Gasteiger partial charge in [0.15, 0.2) is 0 Å². The molecular weight excluding hydrogens is 236 g/mol. The van der Waals surface area contributed by atoms with Crippen LogP contribution in [0.25, 0.3) is 0 Å². The zero-order chi connectivity index (χ0) is 13.6. The molecule has 4 bridgehead atoms. The molecule has 0 aromatic heterocycles. The average Bonchev–Trinajstić information content (AvgIpc) is 2.36. The fraction of sp³-hybridized carbons (Fsp3) is 0.706. The number of carboxylic acid groups (broad SMARTS) is 1. The van der Waals surface area contributed by atoms with Crippen molar-refractivity contribution in [2.24, 2.45) is 35.0 Å². The molecule has 0 spiro atoms. The van der Waals surface area contributed by atoms with Gasteiger partial charge in [-0.05, 0) is 68.6 Å². The van der Waals surface area contributed by atoms with Crippen LogP contribution in [0.2, 0.25) is 0 Å². The van der Waals surface area contributed by atoms with Crippen LogP contribution in [0.1, 0.15) is 39.0 Å². The van der Waals surface area contributed by atoms with E-state index in [-0.39, 0.29) is 0 Å². The summed E-state index contributed by atoms with van der Waals surface area (Å²) in [6.45, 7) is 5.41. The highest BCUT2D eigenvalue weighted by Gasteiger charge is 2.47. The van der Waals surface area contributed by atoms with Crippen molar-refractivity contribution in [3.63, 3.8) is 0 Å². The third-order valence-corrected chi connectivity index (χ3v) is 5.85. The molecule has 1 unspecified atom stereocenters. The predicted molar refractivity (Wildman–Crippen MR) is 75.6 cm³/mol. The van der Waals surface area contributed by atoms with Crippen LogP contribution in [0.4, 0.5) is 0 Å². The number of hydrogen-bond donors (Lipinski definition) is 1. The van der Waals surface area contributed by atoms with Gasteiger partial charge in [0.2, 0.25) is 0 Å². The Kier molecular flexibility index (Phi) is 3.07. The number of aliphatic carboxylic acids is 1. The van der Waals surface area contributed by atoms with Gasteiger partial charge in [0.1, 0.15) is 5.41 Å². The molecule has 104 valence electrons. The Hall–Kier alpha value is -1.05. The van der Waals surface area contributed by atoms with E-state index in [1.807, 2.05) is 6.08 Å². The molecule has 0 radical (unpaired) electrons. The fourth-order valence-electron chi connectivity index (χ4n) is 4.82. The topological polar surface area (TPSA) is 37.3 Å². The summed E-state index contributed by atoms with van der Waals surface area (Å²) in [4.78, 5) is 11.3. The van der Waals surface area contributed by atoms with Crippen LogP contribution in [0.5, 0.6) is 0 Å². The largest absolute Gasteiger partial charge is 0.480 e. The molecular formula is C17H24O2. The lowest BCUT2D eigenvalue weighted by molar-refractivity contribution is -0.142. The Labute approximate surface area is 115 Å². The highest BCUT2D eigenvalue weighted by molar-refractivity contribution is 5.78. The molecule has 4 aliphatic carbocycles. The minimum absolute atomic E-state index is 0.617. The molecule has 1 N–H and O–H groups in total. The second kappa shape index (κ2) is 4.50. The SMILES string of the molecule is C=CC(C)(/C=C/C1C2CC3CC(C2)CC1C3)C(=O)O. The number of carbonyl (C=O) groups is 1. The minimum Gasteiger partial charge on any atom is -0.480 e. The molecule has 19 heavy (non-hydrogen) atoms. The first-order valence-corrected chi connectivity index (χ1v) is 7.58. The van der Waals surface area contributed by atoms with Crippen molar-refractivity contribution < 1.29 is 9.90 Å². The summed E-state index contributed by atoms with van der Waals surface area (Å²) in [5.41, 5.74) is -0.908. The van der Waals surface area contributed by atoms with Crippen LogP contribution in [0, 0.1) is 35.0 Å². The summed E-state index contributed by atoms with van der Waals surface area (Å²) in [5, 5.41) is 9.29. The molecule has 0 aromatic rings. The summed E-state index contributed by atoms with van der Waals surface area (Å²) in [5.74, 6) is 3.38. The first kappa shape index (κ1) is 13.0. The molecule has 0 heterocycles. The molecule has 0 saturated heterocycles. The lowest BCUT2D eigenvalue weighted by Gasteiger charge is -2.53. The normalized spacial score (nSPS) is 43.3. The second-order valence-corrected chi connectivity index (χ2v) is 7.16. The van der Waals surface area contributed by atoms with E-state index >= 15 is 0 Å². The molecule has 4 rings (SSSR count). The maximum Gasteiger partial charge on any atom is 0.317 e. The lowest BCUT2D eigenvalue weighted by atomic mass is 9.52. The quantitative estimate of drug-likeness (QED) is 0.779. The van der Waals surface area contributed by atoms with Crippen molar-refractivity contribution in [3.8, 4) is 0 Å². The Morgan fingerprint density at radius 3 is 2.11 bits per heavy atom. The van der Waals surface area contributed by atoms with Crippen molar-refractivity contribution in [2.75, 3.05) is 0 Å². The third-order valence-electron chi connectivity index (χ3n) is 5.85. The molecule has 4 aliphatic rings. The molecule has 2 nitrogen and oxygen atoms in total. The van der Waals surface area contributed by atoms with Crippen molar-refractivity contribution in [1.29, 1.82) is 0 Å². The van der Waals surface area contributed by atoms with Gasteiger partial charge < -0.3 is 5.11 Å². The van der Waals surface area contributed by atoms with Gasteiger partial charge in [0.25, 0.3) is 0 Å². The minimum atomic E-state index is -0.908. The van der Waals surface area contributed by atoms with Gasteiger partial charge >= 0.3 is 5.97 Å². The zero-order valence-corrected chi connectivity index (χ0v) is 11.7. The van der Waals surface area contributed by atoms with E-state index in [9.17, 15) is 9.90 Å². The highest BCUT2D eigenvalue weighted by atomic mass is 16.4. The molecule has 0 aliphatic heterocycles. The number of carboxylic acids is 1. The average molecular weight is 260 g/mol. The first-order chi connectivity index (χ1) is 9.01.